The topological polar surface area (TPSA) is 78.5 Å². The van der Waals surface area contributed by atoms with E-state index in [0.717, 1.165) is 39.1 Å². The number of rotatable bonds is 4. The van der Waals surface area contributed by atoms with E-state index in [0.29, 0.717) is 19.2 Å². The zero-order chi connectivity index (χ0) is 14.0. The van der Waals surface area contributed by atoms with Crippen LogP contribution in [0.1, 0.15) is 12.8 Å². The Labute approximate surface area is 118 Å². The number of aromatic amines is 1. The van der Waals surface area contributed by atoms with E-state index in [2.05, 4.69) is 15.1 Å². The second-order valence-electron chi connectivity index (χ2n) is 5.27. The summed E-state index contributed by atoms with van der Waals surface area (Å²) in [4.78, 5) is 2.53. The molecule has 2 aliphatic heterocycles. The van der Waals surface area contributed by atoms with Crippen molar-refractivity contribution < 1.29 is 13.2 Å². The van der Waals surface area contributed by atoms with Gasteiger partial charge in [-0.2, -0.15) is 9.40 Å². The van der Waals surface area contributed by atoms with Crippen molar-refractivity contribution in [2.24, 2.45) is 0 Å². The summed E-state index contributed by atoms with van der Waals surface area (Å²) in [6.07, 6.45) is 5.36. The van der Waals surface area contributed by atoms with Gasteiger partial charge in [0.15, 0.2) is 0 Å². The SMILES string of the molecule is O=S(=O)(c1cn[nH]c1)N1CCN(CC2CCCO2)CC1. The van der Waals surface area contributed by atoms with Crippen molar-refractivity contribution in [1.82, 2.24) is 19.4 Å². The zero-order valence-corrected chi connectivity index (χ0v) is 12.2. The van der Waals surface area contributed by atoms with Crippen LogP contribution < -0.4 is 0 Å². The van der Waals surface area contributed by atoms with Crippen molar-refractivity contribution in [3.05, 3.63) is 12.4 Å². The normalized spacial score (nSPS) is 26.1. The maximum Gasteiger partial charge on any atom is 0.246 e. The molecule has 2 aliphatic rings. The zero-order valence-electron chi connectivity index (χ0n) is 11.4. The number of sulfonamides is 1. The van der Waals surface area contributed by atoms with Gasteiger partial charge in [0.05, 0.1) is 12.3 Å². The van der Waals surface area contributed by atoms with Gasteiger partial charge in [0.1, 0.15) is 4.90 Å². The van der Waals surface area contributed by atoms with E-state index < -0.39 is 10.0 Å². The van der Waals surface area contributed by atoms with Crippen LogP contribution in [0, 0.1) is 0 Å². The molecule has 8 heteroatoms. The fourth-order valence-electron chi connectivity index (χ4n) is 2.76. The van der Waals surface area contributed by atoms with Gasteiger partial charge in [-0.25, -0.2) is 8.42 Å². The molecular formula is C12H20N4O3S. The fraction of sp³-hybridized carbons (Fsp3) is 0.750. The summed E-state index contributed by atoms with van der Waals surface area (Å²) in [6, 6.07) is 0. The van der Waals surface area contributed by atoms with Crippen LogP contribution in [0.15, 0.2) is 17.3 Å². The van der Waals surface area contributed by atoms with Gasteiger partial charge in [0, 0.05) is 45.5 Å². The van der Waals surface area contributed by atoms with Gasteiger partial charge in [-0.05, 0) is 12.8 Å². The van der Waals surface area contributed by atoms with Crippen LogP contribution in [0.2, 0.25) is 0 Å². The first-order valence-electron chi connectivity index (χ1n) is 6.99. The first kappa shape index (κ1) is 14.0. The Kier molecular flexibility index (Phi) is 4.06. The van der Waals surface area contributed by atoms with Crippen LogP contribution >= 0.6 is 0 Å². The predicted molar refractivity (Wildman–Crippen MR) is 72.8 cm³/mol. The number of H-pyrrole nitrogens is 1. The Morgan fingerprint density at radius 2 is 2.15 bits per heavy atom. The van der Waals surface area contributed by atoms with Gasteiger partial charge in [-0.1, -0.05) is 0 Å². The van der Waals surface area contributed by atoms with Gasteiger partial charge in [0.2, 0.25) is 10.0 Å². The smallest absolute Gasteiger partial charge is 0.246 e. The summed E-state index contributed by atoms with van der Waals surface area (Å²) in [5, 5.41) is 6.26. The van der Waals surface area contributed by atoms with Gasteiger partial charge in [-0.3, -0.25) is 10.00 Å². The van der Waals surface area contributed by atoms with Crippen LogP contribution in [-0.2, 0) is 14.8 Å². The Bertz CT molecular complexity index is 517. The maximum atomic E-state index is 12.3. The van der Waals surface area contributed by atoms with Crippen LogP contribution in [0.4, 0.5) is 0 Å². The molecule has 1 aromatic heterocycles. The molecule has 3 rings (SSSR count). The van der Waals surface area contributed by atoms with Crippen LogP contribution in [0.5, 0.6) is 0 Å². The predicted octanol–water partition coefficient (Wildman–Crippen LogP) is -0.105. The summed E-state index contributed by atoms with van der Waals surface area (Å²) in [7, 11) is -3.39. The molecule has 1 aromatic rings. The quantitative estimate of drug-likeness (QED) is 0.840. The number of nitrogens with zero attached hydrogens (tertiary/aromatic N) is 3. The van der Waals surface area contributed by atoms with E-state index in [-0.39, 0.29) is 4.90 Å². The van der Waals surface area contributed by atoms with Crippen molar-refractivity contribution >= 4 is 10.0 Å². The van der Waals surface area contributed by atoms with Crippen molar-refractivity contribution in [1.29, 1.82) is 0 Å². The third-order valence-corrected chi connectivity index (χ3v) is 5.79. The number of ether oxygens (including phenoxy) is 1. The first-order chi connectivity index (χ1) is 9.66. The molecule has 1 N–H and O–H groups in total. The Hall–Kier alpha value is -0.960. The highest BCUT2D eigenvalue weighted by Crippen LogP contribution is 2.18. The average Bonchev–Trinajstić information content (AvgIpc) is 3.12. The van der Waals surface area contributed by atoms with Crippen LogP contribution in [-0.4, -0.2) is 73.3 Å². The molecule has 1 atom stereocenters. The van der Waals surface area contributed by atoms with Crippen molar-refractivity contribution in [3.8, 4) is 0 Å². The first-order valence-corrected chi connectivity index (χ1v) is 8.43. The molecule has 0 spiro atoms. The second kappa shape index (κ2) is 5.80. The highest BCUT2D eigenvalue weighted by Gasteiger charge is 2.30. The summed E-state index contributed by atoms with van der Waals surface area (Å²) in [5.41, 5.74) is 0. The Morgan fingerprint density at radius 3 is 2.75 bits per heavy atom. The van der Waals surface area contributed by atoms with Crippen molar-refractivity contribution in [2.45, 2.75) is 23.8 Å². The number of nitrogens with one attached hydrogen (secondary N) is 1. The lowest BCUT2D eigenvalue weighted by Crippen LogP contribution is -2.50. The monoisotopic (exact) mass is 300 g/mol. The van der Waals surface area contributed by atoms with E-state index in [1.165, 1.54) is 16.7 Å². The van der Waals surface area contributed by atoms with E-state index in [1.54, 1.807) is 0 Å². The summed E-state index contributed by atoms with van der Waals surface area (Å²) < 4.78 is 31.8. The number of aromatic nitrogens is 2. The number of hydrogen-bond acceptors (Lipinski definition) is 5. The molecule has 0 aliphatic carbocycles. The van der Waals surface area contributed by atoms with Crippen molar-refractivity contribution in [3.63, 3.8) is 0 Å². The molecule has 0 saturated carbocycles. The average molecular weight is 300 g/mol. The molecule has 0 radical (unpaired) electrons. The molecule has 0 aromatic carbocycles. The van der Waals surface area contributed by atoms with Crippen LogP contribution in [0.3, 0.4) is 0 Å². The third kappa shape index (κ3) is 2.88. The minimum atomic E-state index is -3.39. The molecule has 2 saturated heterocycles. The van der Waals surface area contributed by atoms with Gasteiger partial charge in [0.25, 0.3) is 0 Å². The molecular weight excluding hydrogens is 280 g/mol. The lowest BCUT2D eigenvalue weighted by Gasteiger charge is -2.34. The van der Waals surface area contributed by atoms with Crippen molar-refractivity contribution in [2.75, 3.05) is 39.3 Å². The minimum Gasteiger partial charge on any atom is -0.377 e. The summed E-state index contributed by atoms with van der Waals surface area (Å²) in [5.74, 6) is 0. The van der Waals surface area contributed by atoms with Gasteiger partial charge < -0.3 is 4.74 Å². The summed E-state index contributed by atoms with van der Waals surface area (Å²) in [6.45, 7) is 4.35. The van der Waals surface area contributed by atoms with Gasteiger partial charge in [-0.15, -0.1) is 0 Å². The fourth-order valence-corrected chi connectivity index (χ4v) is 4.09. The molecule has 1 unspecified atom stereocenters. The molecule has 0 bridgehead atoms. The highest BCUT2D eigenvalue weighted by molar-refractivity contribution is 7.89. The lowest BCUT2D eigenvalue weighted by atomic mass is 10.2. The molecule has 2 fully saturated rings. The summed E-state index contributed by atoms with van der Waals surface area (Å²) >= 11 is 0. The van der Waals surface area contributed by atoms with E-state index >= 15 is 0 Å². The molecule has 112 valence electrons. The Balaban J connectivity index is 1.55. The third-order valence-electron chi connectivity index (χ3n) is 3.93. The standard InChI is InChI=1S/C12H20N4O3S/c17-20(18,12-8-13-14-9-12)16-5-3-15(4-6-16)10-11-2-1-7-19-11/h8-9,11H,1-7,10H2,(H,13,14). The maximum absolute atomic E-state index is 12.3. The van der Waals surface area contributed by atoms with E-state index in [1.807, 2.05) is 0 Å². The number of piperazine rings is 1. The largest absolute Gasteiger partial charge is 0.377 e. The van der Waals surface area contributed by atoms with E-state index in [9.17, 15) is 8.42 Å². The van der Waals surface area contributed by atoms with Gasteiger partial charge >= 0.3 is 0 Å². The highest BCUT2D eigenvalue weighted by atomic mass is 32.2. The second-order valence-corrected chi connectivity index (χ2v) is 7.21. The molecule has 3 heterocycles. The number of hydrogen-bond donors (Lipinski definition) is 1. The Morgan fingerprint density at radius 1 is 1.35 bits per heavy atom. The molecule has 0 amide bonds. The minimum absolute atomic E-state index is 0.241. The lowest BCUT2D eigenvalue weighted by molar-refractivity contribution is 0.0617. The molecule has 7 nitrogen and oxygen atoms in total. The molecule has 20 heavy (non-hydrogen) atoms. The van der Waals surface area contributed by atoms with Crippen LogP contribution in [0.25, 0.3) is 0 Å². The van der Waals surface area contributed by atoms with E-state index in [4.69, 9.17) is 4.74 Å².